The Morgan fingerprint density at radius 1 is 1.53 bits per heavy atom. The van der Waals surface area contributed by atoms with E-state index in [0.29, 0.717) is 11.5 Å². The Hall–Kier alpha value is -2.64. The molecule has 1 amide bonds. The van der Waals surface area contributed by atoms with Gasteiger partial charge in [-0.25, -0.2) is 4.98 Å². The third-order valence-corrected chi connectivity index (χ3v) is 2.58. The van der Waals surface area contributed by atoms with Gasteiger partial charge >= 0.3 is 0 Å². The van der Waals surface area contributed by atoms with E-state index >= 15 is 0 Å². The number of amides is 1. The Labute approximate surface area is 108 Å². The van der Waals surface area contributed by atoms with E-state index in [2.05, 4.69) is 20.0 Å². The maximum Gasteiger partial charge on any atom is 0.296 e. The normalized spacial score (nSPS) is 10.3. The quantitative estimate of drug-likeness (QED) is 0.858. The topological polar surface area (TPSA) is 99.2 Å². The molecule has 0 atom stereocenters. The molecule has 0 saturated carbocycles. The molecule has 0 aliphatic heterocycles. The number of hydrogen-bond acceptors (Lipinski definition) is 6. The van der Waals surface area contributed by atoms with Crippen LogP contribution in [0.25, 0.3) is 0 Å². The summed E-state index contributed by atoms with van der Waals surface area (Å²) in [7, 11) is 2.86. The lowest BCUT2D eigenvalue weighted by Gasteiger charge is -2.10. The lowest BCUT2D eigenvalue weighted by atomic mass is 10.3. The first-order chi connectivity index (χ1) is 9.04. The highest BCUT2D eigenvalue weighted by Crippen LogP contribution is 2.13. The van der Waals surface area contributed by atoms with Crippen molar-refractivity contribution in [1.82, 2.24) is 14.7 Å². The Morgan fingerprint density at radius 3 is 2.84 bits per heavy atom. The smallest absolute Gasteiger partial charge is 0.296 e. The summed E-state index contributed by atoms with van der Waals surface area (Å²) in [6.07, 6.45) is 2.59. The van der Waals surface area contributed by atoms with Crippen LogP contribution in [0, 0.1) is 6.92 Å². The first-order valence-electron chi connectivity index (χ1n) is 5.37. The van der Waals surface area contributed by atoms with Crippen LogP contribution in [-0.2, 0) is 7.05 Å². The van der Waals surface area contributed by atoms with Gasteiger partial charge in [-0.1, -0.05) is 5.16 Å². The number of rotatable bonds is 3. The van der Waals surface area contributed by atoms with E-state index in [1.807, 2.05) is 0 Å². The van der Waals surface area contributed by atoms with Crippen molar-refractivity contribution in [2.45, 2.75) is 6.92 Å². The number of carbonyl (C=O) groups is 1. The molecule has 2 aromatic heterocycles. The second-order valence-electron chi connectivity index (χ2n) is 3.77. The fourth-order valence-corrected chi connectivity index (χ4v) is 1.48. The molecule has 1 N–H and O–H groups in total. The summed E-state index contributed by atoms with van der Waals surface area (Å²) < 4.78 is 10.8. The van der Waals surface area contributed by atoms with Crippen molar-refractivity contribution in [3.8, 4) is 5.75 Å². The molecule has 8 nitrogen and oxygen atoms in total. The van der Waals surface area contributed by atoms with Crippen molar-refractivity contribution in [2.75, 3.05) is 12.4 Å². The zero-order valence-corrected chi connectivity index (χ0v) is 10.6. The number of nitrogens with one attached hydrogen (secondary N) is 1. The highest BCUT2D eigenvalue weighted by molar-refractivity contribution is 6.04. The molecule has 0 aliphatic carbocycles. The minimum Gasteiger partial charge on any atom is -0.489 e. The van der Waals surface area contributed by atoms with Crippen LogP contribution in [0.5, 0.6) is 5.75 Å². The lowest BCUT2D eigenvalue weighted by Crippen LogP contribution is -2.27. The summed E-state index contributed by atoms with van der Waals surface area (Å²) in [6.45, 7) is 1.62. The summed E-state index contributed by atoms with van der Waals surface area (Å²) in [5.41, 5.74) is -0.137. The van der Waals surface area contributed by atoms with Crippen LogP contribution in [0.2, 0.25) is 0 Å². The second-order valence-corrected chi connectivity index (χ2v) is 3.77. The number of hydrogen-bond donors (Lipinski definition) is 1. The molecule has 0 radical (unpaired) electrons. The molecule has 0 fully saturated rings. The van der Waals surface area contributed by atoms with Crippen molar-refractivity contribution >= 4 is 11.6 Å². The van der Waals surface area contributed by atoms with Gasteiger partial charge in [-0.3, -0.25) is 14.2 Å². The number of methoxy groups -OCH3 is 1. The first-order valence-corrected chi connectivity index (χ1v) is 5.37. The number of aryl methyl sites for hydroxylation is 1. The van der Waals surface area contributed by atoms with E-state index in [9.17, 15) is 9.59 Å². The molecule has 2 rings (SSSR count). The van der Waals surface area contributed by atoms with Gasteiger partial charge < -0.3 is 14.6 Å². The van der Waals surface area contributed by atoms with Crippen molar-refractivity contribution in [1.29, 1.82) is 0 Å². The Morgan fingerprint density at radius 2 is 2.26 bits per heavy atom. The first kappa shape index (κ1) is 12.8. The van der Waals surface area contributed by atoms with Gasteiger partial charge in [-0.05, 0) is 6.92 Å². The molecular weight excluding hydrogens is 252 g/mol. The second kappa shape index (κ2) is 4.92. The van der Waals surface area contributed by atoms with E-state index in [4.69, 9.17) is 4.74 Å². The summed E-state index contributed by atoms with van der Waals surface area (Å²) in [5.74, 6) is -0.274. The lowest BCUT2D eigenvalue weighted by molar-refractivity contribution is 0.101. The average molecular weight is 264 g/mol. The van der Waals surface area contributed by atoms with Gasteiger partial charge in [-0.2, -0.15) is 0 Å². The molecule has 100 valence electrons. The highest BCUT2D eigenvalue weighted by atomic mass is 16.5. The maximum atomic E-state index is 12.0. The molecule has 0 spiro atoms. The Bertz CT molecular complexity index is 660. The molecule has 19 heavy (non-hydrogen) atoms. The van der Waals surface area contributed by atoms with Crippen LogP contribution >= 0.6 is 0 Å². The zero-order chi connectivity index (χ0) is 14.0. The molecule has 0 aromatic carbocycles. The fraction of sp³-hybridized carbons (Fsp3) is 0.273. The van der Waals surface area contributed by atoms with Crippen molar-refractivity contribution in [3.05, 3.63) is 34.3 Å². The molecule has 0 aliphatic rings. The molecule has 0 saturated heterocycles. The number of ether oxygens (including phenoxy) is 1. The minimum absolute atomic E-state index is 0.0794. The number of carbonyl (C=O) groups excluding carboxylic acids is 1. The molecule has 2 aromatic rings. The minimum atomic E-state index is -0.569. The van der Waals surface area contributed by atoms with Gasteiger partial charge in [-0.15, -0.1) is 0 Å². The summed E-state index contributed by atoms with van der Waals surface area (Å²) in [6, 6.07) is 0. The fourth-order valence-electron chi connectivity index (χ4n) is 1.48. The highest BCUT2D eigenvalue weighted by Gasteiger charge is 2.20. The van der Waals surface area contributed by atoms with Crippen LogP contribution in [0.1, 0.15) is 16.3 Å². The van der Waals surface area contributed by atoms with Crippen molar-refractivity contribution < 1.29 is 14.1 Å². The maximum absolute atomic E-state index is 12.0. The standard InChI is InChI=1S/C11H12N4O4/c1-6-13-8(9(18-3)11(17)15(6)2)10(16)14-7-4-12-19-5-7/h4-5H,1-3H3,(H,14,16). The predicted octanol–water partition coefficient (Wildman–Crippen LogP) is 0.338. The van der Waals surface area contributed by atoms with Crippen molar-refractivity contribution in [2.24, 2.45) is 7.05 Å². The van der Waals surface area contributed by atoms with Gasteiger partial charge in [0.05, 0.1) is 13.3 Å². The van der Waals surface area contributed by atoms with Crippen LogP contribution in [0.3, 0.4) is 0 Å². The monoisotopic (exact) mass is 264 g/mol. The van der Waals surface area contributed by atoms with E-state index in [1.54, 1.807) is 14.0 Å². The summed E-state index contributed by atoms with van der Waals surface area (Å²) in [4.78, 5) is 28.0. The number of aromatic nitrogens is 3. The van der Waals surface area contributed by atoms with Gasteiger partial charge in [0.2, 0.25) is 5.75 Å². The summed E-state index contributed by atoms with van der Waals surface area (Å²) >= 11 is 0. The van der Waals surface area contributed by atoms with Crippen LogP contribution in [0.15, 0.2) is 21.8 Å². The third kappa shape index (κ3) is 2.32. The summed E-state index contributed by atoms with van der Waals surface area (Å²) in [5, 5.41) is 5.95. The largest absolute Gasteiger partial charge is 0.489 e. The van der Waals surface area contributed by atoms with E-state index in [-0.39, 0.29) is 11.4 Å². The van der Waals surface area contributed by atoms with Gasteiger partial charge in [0.25, 0.3) is 11.5 Å². The number of nitrogens with zero attached hydrogens (tertiary/aromatic N) is 3. The zero-order valence-electron chi connectivity index (χ0n) is 10.6. The van der Waals surface area contributed by atoms with Crippen LogP contribution in [-0.4, -0.2) is 27.7 Å². The Kier molecular flexibility index (Phi) is 3.32. The van der Waals surface area contributed by atoms with Gasteiger partial charge in [0.1, 0.15) is 17.8 Å². The SMILES string of the molecule is COc1c(C(=O)Nc2cnoc2)nc(C)n(C)c1=O. The van der Waals surface area contributed by atoms with Gasteiger partial charge in [0.15, 0.2) is 5.69 Å². The number of anilines is 1. The molecule has 0 unspecified atom stereocenters. The molecule has 0 bridgehead atoms. The van der Waals surface area contributed by atoms with E-state index in [1.165, 1.54) is 24.1 Å². The molecular formula is C11H12N4O4. The van der Waals surface area contributed by atoms with Gasteiger partial charge in [0, 0.05) is 7.05 Å². The van der Waals surface area contributed by atoms with Crippen LogP contribution in [0.4, 0.5) is 5.69 Å². The van der Waals surface area contributed by atoms with E-state index in [0.717, 1.165) is 0 Å². The average Bonchev–Trinajstić information content (AvgIpc) is 2.88. The third-order valence-electron chi connectivity index (χ3n) is 2.58. The molecule has 8 heteroatoms. The van der Waals surface area contributed by atoms with Crippen LogP contribution < -0.4 is 15.6 Å². The van der Waals surface area contributed by atoms with Crippen molar-refractivity contribution in [3.63, 3.8) is 0 Å². The molecule has 2 heterocycles. The Balaban J connectivity index is 2.44. The predicted molar refractivity (Wildman–Crippen MR) is 65.2 cm³/mol. The van der Waals surface area contributed by atoms with E-state index < -0.39 is 11.5 Å².